The van der Waals surface area contributed by atoms with Gasteiger partial charge in [-0.05, 0) is 50.3 Å². The van der Waals surface area contributed by atoms with Gasteiger partial charge in [-0.25, -0.2) is 0 Å². The Balaban J connectivity index is 2.61. The summed E-state index contributed by atoms with van der Waals surface area (Å²) in [6.07, 6.45) is 1.11. The second-order valence-corrected chi connectivity index (χ2v) is 5.50. The van der Waals surface area contributed by atoms with Crippen LogP contribution in [0.1, 0.15) is 49.8 Å². The van der Waals surface area contributed by atoms with E-state index in [9.17, 15) is 5.26 Å². The summed E-state index contributed by atoms with van der Waals surface area (Å²) in [5, 5.41) is 12.7. The highest BCUT2D eigenvalue weighted by Crippen LogP contribution is 2.40. The van der Waals surface area contributed by atoms with E-state index < -0.39 is 0 Å². The summed E-state index contributed by atoms with van der Waals surface area (Å²) in [4.78, 5) is 0. The van der Waals surface area contributed by atoms with Gasteiger partial charge in [-0.15, -0.1) is 0 Å². The molecule has 2 nitrogen and oxygen atoms in total. The van der Waals surface area contributed by atoms with E-state index >= 15 is 0 Å². The first kappa shape index (κ1) is 11.0. The summed E-state index contributed by atoms with van der Waals surface area (Å²) in [6.45, 7) is 8.66. The van der Waals surface area contributed by atoms with Crippen LogP contribution in [-0.4, -0.2) is 5.54 Å². The number of nitrogens with zero attached hydrogens (tertiary/aromatic N) is 1. The van der Waals surface area contributed by atoms with E-state index in [1.165, 1.54) is 11.1 Å². The highest BCUT2D eigenvalue weighted by molar-refractivity contribution is 5.67. The molecule has 0 spiro atoms. The minimum Gasteiger partial charge on any atom is -0.379 e. The van der Waals surface area contributed by atoms with Crippen LogP contribution in [-0.2, 0) is 0 Å². The van der Waals surface area contributed by atoms with E-state index in [1.54, 1.807) is 0 Å². The molecule has 0 fully saturated rings. The van der Waals surface area contributed by atoms with Crippen molar-refractivity contribution < 1.29 is 0 Å². The normalized spacial score (nSPS) is 21.8. The van der Waals surface area contributed by atoms with Crippen molar-refractivity contribution in [3.05, 3.63) is 28.8 Å². The molecule has 16 heavy (non-hydrogen) atoms. The zero-order chi connectivity index (χ0) is 11.9. The molecular weight excluding hydrogens is 196 g/mol. The molecule has 0 saturated carbocycles. The van der Waals surface area contributed by atoms with Crippen molar-refractivity contribution in [1.82, 2.24) is 0 Å². The molecule has 0 radical (unpaired) electrons. The molecular formula is C14H18N2. The summed E-state index contributed by atoms with van der Waals surface area (Å²) in [5.74, 6) is 0.512. The smallest absolute Gasteiger partial charge is 0.101 e. The Morgan fingerprint density at radius 3 is 2.75 bits per heavy atom. The molecule has 1 aromatic rings. The maximum Gasteiger partial charge on any atom is 0.101 e. The van der Waals surface area contributed by atoms with Gasteiger partial charge >= 0.3 is 0 Å². The van der Waals surface area contributed by atoms with Crippen molar-refractivity contribution in [2.75, 3.05) is 5.32 Å². The second-order valence-electron chi connectivity index (χ2n) is 5.50. The largest absolute Gasteiger partial charge is 0.379 e. The Labute approximate surface area is 97.3 Å². The van der Waals surface area contributed by atoms with Gasteiger partial charge in [0.25, 0.3) is 0 Å². The molecule has 0 aliphatic carbocycles. The molecule has 1 aromatic carbocycles. The summed E-state index contributed by atoms with van der Waals surface area (Å²) in [5.41, 5.74) is 4.35. The van der Waals surface area contributed by atoms with Gasteiger partial charge in [-0.2, -0.15) is 5.26 Å². The number of nitrogens with one attached hydrogen (secondary N) is 1. The Morgan fingerprint density at radius 2 is 2.12 bits per heavy atom. The highest BCUT2D eigenvalue weighted by atomic mass is 15.0. The van der Waals surface area contributed by atoms with Crippen molar-refractivity contribution in [2.24, 2.45) is 0 Å². The van der Waals surface area contributed by atoms with Crippen LogP contribution in [0.2, 0.25) is 0 Å². The second kappa shape index (κ2) is 3.52. The van der Waals surface area contributed by atoms with Gasteiger partial charge in [0.1, 0.15) is 6.07 Å². The van der Waals surface area contributed by atoms with Gasteiger partial charge in [0.05, 0.1) is 11.3 Å². The number of hydrogen-bond acceptors (Lipinski definition) is 2. The third-order valence-electron chi connectivity index (χ3n) is 3.24. The van der Waals surface area contributed by atoms with Gasteiger partial charge in [-0.3, -0.25) is 0 Å². The van der Waals surface area contributed by atoms with Crippen molar-refractivity contribution in [1.29, 1.82) is 5.26 Å². The number of aryl methyl sites for hydroxylation is 1. The van der Waals surface area contributed by atoms with Crippen LogP contribution in [0.15, 0.2) is 12.1 Å². The number of hydrogen-bond donors (Lipinski definition) is 1. The summed E-state index contributed by atoms with van der Waals surface area (Å²) >= 11 is 0. The Bertz CT molecular complexity index is 466. The fourth-order valence-electron chi connectivity index (χ4n) is 2.70. The van der Waals surface area contributed by atoms with E-state index in [1.807, 2.05) is 13.0 Å². The summed E-state index contributed by atoms with van der Waals surface area (Å²) in [7, 11) is 0. The van der Waals surface area contributed by atoms with Gasteiger partial charge in [0.15, 0.2) is 0 Å². The van der Waals surface area contributed by atoms with Crippen LogP contribution in [0.25, 0.3) is 0 Å². The van der Waals surface area contributed by atoms with E-state index in [2.05, 4.69) is 38.2 Å². The quantitative estimate of drug-likeness (QED) is 0.716. The maximum absolute atomic E-state index is 9.18. The summed E-state index contributed by atoms with van der Waals surface area (Å²) in [6, 6.07) is 6.45. The lowest BCUT2D eigenvalue weighted by Crippen LogP contribution is -2.37. The van der Waals surface area contributed by atoms with E-state index in [-0.39, 0.29) is 5.54 Å². The first-order valence-corrected chi connectivity index (χ1v) is 5.76. The van der Waals surface area contributed by atoms with Crippen LogP contribution in [0.5, 0.6) is 0 Å². The first-order valence-electron chi connectivity index (χ1n) is 5.76. The minimum absolute atomic E-state index is 0.0767. The molecule has 1 heterocycles. The lowest BCUT2D eigenvalue weighted by atomic mass is 9.80. The predicted molar refractivity (Wildman–Crippen MR) is 66.6 cm³/mol. The van der Waals surface area contributed by atoms with Gasteiger partial charge in [0.2, 0.25) is 0 Å². The van der Waals surface area contributed by atoms with Crippen LogP contribution in [0.4, 0.5) is 5.69 Å². The van der Waals surface area contributed by atoms with Gasteiger partial charge < -0.3 is 5.32 Å². The lowest BCUT2D eigenvalue weighted by molar-refractivity contribution is 0.454. The van der Waals surface area contributed by atoms with Gasteiger partial charge in [-0.1, -0.05) is 13.0 Å². The molecule has 2 heteroatoms. The third kappa shape index (κ3) is 1.78. The molecule has 2 rings (SSSR count). The Kier molecular flexibility index (Phi) is 2.42. The average Bonchev–Trinajstić information content (AvgIpc) is 2.17. The summed E-state index contributed by atoms with van der Waals surface area (Å²) < 4.78 is 0. The number of anilines is 1. The average molecular weight is 214 g/mol. The highest BCUT2D eigenvalue weighted by Gasteiger charge is 2.30. The molecule has 1 aliphatic rings. The van der Waals surface area contributed by atoms with Crippen LogP contribution in [0, 0.1) is 18.3 Å². The molecule has 1 atom stereocenters. The van der Waals surface area contributed by atoms with E-state index in [0.29, 0.717) is 5.92 Å². The topological polar surface area (TPSA) is 35.8 Å². The molecule has 0 aromatic heterocycles. The van der Waals surface area contributed by atoms with Crippen LogP contribution < -0.4 is 5.32 Å². The number of fused-ring (bicyclic) bond motifs is 1. The van der Waals surface area contributed by atoms with Crippen molar-refractivity contribution in [3.8, 4) is 6.07 Å². The SMILES string of the molecule is Cc1cc(C#N)c2c(c1)C(C)CC(C)(C)N2. The Morgan fingerprint density at radius 1 is 1.44 bits per heavy atom. The first-order chi connectivity index (χ1) is 7.43. The zero-order valence-electron chi connectivity index (χ0n) is 10.4. The standard InChI is InChI=1S/C14H18N2/c1-9-5-11(8-15)13-12(6-9)10(2)7-14(3,4)16-13/h5-6,10,16H,7H2,1-4H3. The molecule has 84 valence electrons. The van der Waals surface area contributed by atoms with Gasteiger partial charge in [0, 0.05) is 5.54 Å². The predicted octanol–water partition coefficient (Wildman–Crippen LogP) is 3.56. The maximum atomic E-state index is 9.18. The minimum atomic E-state index is 0.0767. The molecule has 0 amide bonds. The van der Waals surface area contributed by atoms with Crippen LogP contribution >= 0.6 is 0 Å². The molecule has 1 N–H and O–H groups in total. The van der Waals surface area contributed by atoms with Crippen molar-refractivity contribution in [2.45, 2.75) is 45.6 Å². The molecule has 1 unspecified atom stereocenters. The molecule has 0 bridgehead atoms. The van der Waals surface area contributed by atoms with Crippen LogP contribution in [0.3, 0.4) is 0 Å². The zero-order valence-corrected chi connectivity index (χ0v) is 10.4. The fraction of sp³-hybridized carbons (Fsp3) is 0.500. The fourth-order valence-corrected chi connectivity index (χ4v) is 2.70. The lowest BCUT2D eigenvalue weighted by Gasteiger charge is -2.38. The monoisotopic (exact) mass is 214 g/mol. The Hall–Kier alpha value is -1.49. The number of benzene rings is 1. The molecule has 0 saturated heterocycles. The molecule has 1 aliphatic heterocycles. The third-order valence-corrected chi connectivity index (χ3v) is 3.24. The number of nitriles is 1. The van der Waals surface area contributed by atoms with E-state index in [0.717, 1.165) is 17.7 Å². The number of rotatable bonds is 0. The van der Waals surface area contributed by atoms with E-state index in [4.69, 9.17) is 0 Å². The van der Waals surface area contributed by atoms with Crippen molar-refractivity contribution >= 4 is 5.69 Å². The van der Waals surface area contributed by atoms with Crippen molar-refractivity contribution in [3.63, 3.8) is 0 Å².